The standard InChI is InChI=1S/C18H27N3O2/c1-13(10-20-17(22)23-18(2,3)4)19-11-14-12-21(5)16-9-7-6-8-15(14)16/h6-9,12-13,19H,10-11H2,1-5H3,(H,20,22). The van der Waals surface area contributed by atoms with Crippen LogP contribution < -0.4 is 10.6 Å². The maximum absolute atomic E-state index is 11.7. The fourth-order valence-corrected chi connectivity index (χ4v) is 2.47. The van der Waals surface area contributed by atoms with Gasteiger partial charge in [0.2, 0.25) is 0 Å². The number of amides is 1. The van der Waals surface area contributed by atoms with E-state index in [1.54, 1.807) is 0 Å². The molecule has 1 atom stereocenters. The molecule has 126 valence electrons. The molecule has 0 bridgehead atoms. The van der Waals surface area contributed by atoms with E-state index in [2.05, 4.69) is 46.6 Å². The Morgan fingerprint density at radius 2 is 2.00 bits per heavy atom. The van der Waals surface area contributed by atoms with Crippen LogP contribution in [-0.2, 0) is 18.3 Å². The van der Waals surface area contributed by atoms with Crippen LogP contribution in [0, 0.1) is 0 Å². The highest BCUT2D eigenvalue weighted by Gasteiger charge is 2.16. The molecule has 0 aliphatic heterocycles. The van der Waals surface area contributed by atoms with Crippen LogP contribution in [0.5, 0.6) is 0 Å². The van der Waals surface area contributed by atoms with Crippen LogP contribution >= 0.6 is 0 Å². The molecule has 5 heteroatoms. The summed E-state index contributed by atoms with van der Waals surface area (Å²) in [4.78, 5) is 11.7. The third-order valence-electron chi connectivity index (χ3n) is 3.57. The number of hydrogen-bond acceptors (Lipinski definition) is 3. The first-order chi connectivity index (χ1) is 10.8. The van der Waals surface area contributed by atoms with Crippen molar-refractivity contribution < 1.29 is 9.53 Å². The van der Waals surface area contributed by atoms with Crippen molar-refractivity contribution in [3.8, 4) is 0 Å². The van der Waals surface area contributed by atoms with Gasteiger partial charge in [-0.3, -0.25) is 0 Å². The van der Waals surface area contributed by atoms with Crippen molar-refractivity contribution in [1.29, 1.82) is 0 Å². The van der Waals surface area contributed by atoms with E-state index in [1.165, 1.54) is 16.5 Å². The predicted octanol–water partition coefficient (Wildman–Crippen LogP) is 3.18. The Bertz CT molecular complexity index is 670. The molecule has 2 N–H and O–H groups in total. The Balaban J connectivity index is 1.84. The fraction of sp³-hybridized carbons (Fsp3) is 0.500. The number of aromatic nitrogens is 1. The maximum Gasteiger partial charge on any atom is 0.407 e. The van der Waals surface area contributed by atoms with Gasteiger partial charge >= 0.3 is 6.09 Å². The number of nitrogens with one attached hydrogen (secondary N) is 2. The first-order valence-corrected chi connectivity index (χ1v) is 7.99. The van der Waals surface area contributed by atoms with E-state index in [1.807, 2.05) is 33.8 Å². The number of alkyl carbamates (subject to hydrolysis) is 1. The van der Waals surface area contributed by atoms with Crippen molar-refractivity contribution in [3.05, 3.63) is 36.0 Å². The largest absolute Gasteiger partial charge is 0.444 e. The molecular formula is C18H27N3O2. The molecule has 5 nitrogen and oxygen atoms in total. The lowest BCUT2D eigenvalue weighted by Gasteiger charge is -2.21. The van der Waals surface area contributed by atoms with Crippen LogP contribution in [0.25, 0.3) is 10.9 Å². The summed E-state index contributed by atoms with van der Waals surface area (Å²) in [6.45, 7) is 8.90. The number of benzene rings is 1. The topological polar surface area (TPSA) is 55.3 Å². The summed E-state index contributed by atoms with van der Waals surface area (Å²) in [5.74, 6) is 0. The van der Waals surface area contributed by atoms with Crippen molar-refractivity contribution in [2.45, 2.75) is 45.9 Å². The summed E-state index contributed by atoms with van der Waals surface area (Å²) in [6, 6.07) is 8.51. The Kier molecular flexibility index (Phi) is 5.31. The zero-order chi connectivity index (χ0) is 17.0. The molecule has 2 aromatic rings. The minimum absolute atomic E-state index is 0.154. The number of carbonyl (C=O) groups is 1. The van der Waals surface area contributed by atoms with Crippen molar-refractivity contribution in [3.63, 3.8) is 0 Å². The van der Waals surface area contributed by atoms with Gasteiger partial charge in [0, 0.05) is 43.3 Å². The lowest BCUT2D eigenvalue weighted by molar-refractivity contribution is 0.0523. The van der Waals surface area contributed by atoms with Gasteiger partial charge in [-0.15, -0.1) is 0 Å². The zero-order valence-electron chi connectivity index (χ0n) is 14.6. The highest BCUT2D eigenvalue weighted by Crippen LogP contribution is 2.20. The van der Waals surface area contributed by atoms with E-state index in [-0.39, 0.29) is 12.1 Å². The molecule has 0 aliphatic rings. The monoisotopic (exact) mass is 317 g/mol. The molecule has 0 saturated carbocycles. The highest BCUT2D eigenvalue weighted by molar-refractivity contribution is 5.83. The number of aryl methyl sites for hydroxylation is 1. The second kappa shape index (κ2) is 7.04. The maximum atomic E-state index is 11.7. The summed E-state index contributed by atoms with van der Waals surface area (Å²) in [7, 11) is 2.05. The van der Waals surface area contributed by atoms with Crippen LogP contribution in [0.1, 0.15) is 33.3 Å². The minimum Gasteiger partial charge on any atom is -0.444 e. The average Bonchev–Trinajstić information content (AvgIpc) is 2.78. The van der Waals surface area contributed by atoms with Gasteiger partial charge in [-0.25, -0.2) is 4.79 Å². The van der Waals surface area contributed by atoms with E-state index < -0.39 is 5.60 Å². The summed E-state index contributed by atoms with van der Waals surface area (Å²) < 4.78 is 7.37. The molecule has 0 spiro atoms. The van der Waals surface area contributed by atoms with E-state index in [9.17, 15) is 4.79 Å². The number of ether oxygens (including phenoxy) is 1. The third kappa shape index (κ3) is 4.99. The van der Waals surface area contributed by atoms with Crippen molar-refractivity contribution >= 4 is 17.0 Å². The molecule has 23 heavy (non-hydrogen) atoms. The van der Waals surface area contributed by atoms with Crippen molar-refractivity contribution in [2.75, 3.05) is 6.54 Å². The highest BCUT2D eigenvalue weighted by atomic mass is 16.6. The second-order valence-corrected chi connectivity index (χ2v) is 6.95. The minimum atomic E-state index is -0.469. The van der Waals surface area contributed by atoms with Crippen LogP contribution in [0.4, 0.5) is 4.79 Å². The normalized spacial score (nSPS) is 13.1. The summed E-state index contributed by atoms with van der Waals surface area (Å²) in [5.41, 5.74) is 2.01. The smallest absolute Gasteiger partial charge is 0.407 e. The predicted molar refractivity (Wildman–Crippen MR) is 93.5 cm³/mol. The number of rotatable bonds is 5. The number of para-hydroxylation sites is 1. The Labute approximate surface area is 138 Å². The molecule has 1 aromatic heterocycles. The van der Waals surface area contributed by atoms with Gasteiger partial charge in [0.1, 0.15) is 5.60 Å². The average molecular weight is 317 g/mol. The van der Waals surface area contributed by atoms with Crippen molar-refractivity contribution in [2.24, 2.45) is 7.05 Å². The summed E-state index contributed by atoms with van der Waals surface area (Å²) >= 11 is 0. The van der Waals surface area contributed by atoms with Gasteiger partial charge in [-0.05, 0) is 39.3 Å². The molecule has 0 fully saturated rings. The lowest BCUT2D eigenvalue weighted by atomic mass is 10.1. The zero-order valence-corrected chi connectivity index (χ0v) is 14.6. The molecular weight excluding hydrogens is 290 g/mol. The third-order valence-corrected chi connectivity index (χ3v) is 3.57. The van der Waals surface area contributed by atoms with E-state index in [4.69, 9.17) is 4.74 Å². The molecule has 1 aromatic carbocycles. The SMILES string of the molecule is CC(CNC(=O)OC(C)(C)C)NCc1cn(C)c2ccccc12. The van der Waals surface area contributed by atoms with Crippen LogP contribution in [0.2, 0.25) is 0 Å². The molecule has 0 saturated heterocycles. The Morgan fingerprint density at radius 1 is 1.30 bits per heavy atom. The quantitative estimate of drug-likeness (QED) is 0.890. The Hall–Kier alpha value is -2.01. The number of nitrogens with zero attached hydrogens (tertiary/aromatic N) is 1. The number of carbonyl (C=O) groups excluding carboxylic acids is 1. The first kappa shape index (κ1) is 17.3. The Morgan fingerprint density at radius 3 is 2.70 bits per heavy atom. The van der Waals surface area contributed by atoms with Gasteiger partial charge < -0.3 is 19.9 Å². The van der Waals surface area contributed by atoms with Gasteiger partial charge in [-0.2, -0.15) is 0 Å². The van der Waals surface area contributed by atoms with Crippen LogP contribution in [-0.4, -0.2) is 28.8 Å². The van der Waals surface area contributed by atoms with Crippen LogP contribution in [0.15, 0.2) is 30.5 Å². The second-order valence-electron chi connectivity index (χ2n) is 6.95. The number of hydrogen-bond donors (Lipinski definition) is 2. The first-order valence-electron chi connectivity index (χ1n) is 7.99. The lowest BCUT2D eigenvalue weighted by Crippen LogP contribution is -2.40. The van der Waals surface area contributed by atoms with E-state index >= 15 is 0 Å². The van der Waals surface area contributed by atoms with E-state index in [0.717, 1.165) is 6.54 Å². The molecule has 1 heterocycles. The van der Waals surface area contributed by atoms with Crippen LogP contribution in [0.3, 0.4) is 0 Å². The summed E-state index contributed by atoms with van der Waals surface area (Å²) in [5, 5.41) is 7.49. The van der Waals surface area contributed by atoms with Gasteiger partial charge in [-0.1, -0.05) is 18.2 Å². The molecule has 0 aliphatic carbocycles. The number of fused-ring (bicyclic) bond motifs is 1. The molecule has 0 radical (unpaired) electrons. The molecule has 2 rings (SSSR count). The fourth-order valence-electron chi connectivity index (χ4n) is 2.47. The molecule has 1 unspecified atom stereocenters. The van der Waals surface area contributed by atoms with Gasteiger partial charge in [0.05, 0.1) is 0 Å². The summed E-state index contributed by atoms with van der Waals surface area (Å²) in [6.07, 6.45) is 1.77. The van der Waals surface area contributed by atoms with E-state index in [0.29, 0.717) is 6.54 Å². The van der Waals surface area contributed by atoms with Crippen molar-refractivity contribution in [1.82, 2.24) is 15.2 Å². The van der Waals surface area contributed by atoms with Gasteiger partial charge in [0.25, 0.3) is 0 Å². The van der Waals surface area contributed by atoms with Gasteiger partial charge in [0.15, 0.2) is 0 Å². The molecule has 1 amide bonds.